The molecule has 17 heavy (non-hydrogen) atoms. The van der Waals surface area contributed by atoms with Crippen molar-refractivity contribution in [1.82, 2.24) is 0 Å². The third-order valence-corrected chi connectivity index (χ3v) is 3.20. The molecule has 0 amide bonds. The molecular formula is C14H29NO2. The molecule has 0 saturated carbocycles. The fourth-order valence-corrected chi connectivity index (χ4v) is 2.08. The van der Waals surface area contributed by atoms with Crippen molar-refractivity contribution in [3.05, 3.63) is 4.91 Å². The van der Waals surface area contributed by atoms with Crippen LogP contribution >= 0.6 is 0 Å². The smallest absolute Gasteiger partial charge is 0.155 e. The summed E-state index contributed by atoms with van der Waals surface area (Å²) in [6.45, 7) is 4.42. The van der Waals surface area contributed by atoms with Crippen molar-refractivity contribution in [3.8, 4) is 0 Å². The van der Waals surface area contributed by atoms with Gasteiger partial charge >= 0.3 is 0 Å². The average molecular weight is 243 g/mol. The summed E-state index contributed by atoms with van der Waals surface area (Å²) in [7, 11) is 0. The van der Waals surface area contributed by atoms with Gasteiger partial charge < -0.3 is 4.84 Å². The fourth-order valence-electron chi connectivity index (χ4n) is 2.08. The second kappa shape index (κ2) is 13.5. The highest BCUT2D eigenvalue weighted by Crippen LogP contribution is 2.15. The van der Waals surface area contributed by atoms with Crippen molar-refractivity contribution in [2.24, 2.45) is 5.34 Å². The van der Waals surface area contributed by atoms with Gasteiger partial charge in [0.2, 0.25) is 0 Å². The van der Waals surface area contributed by atoms with Crippen molar-refractivity contribution in [1.29, 1.82) is 0 Å². The van der Waals surface area contributed by atoms with Gasteiger partial charge in [0.1, 0.15) is 6.10 Å². The quantitative estimate of drug-likeness (QED) is 0.247. The van der Waals surface area contributed by atoms with Gasteiger partial charge in [-0.1, -0.05) is 58.8 Å². The molecule has 0 aromatic heterocycles. The standard InChI is InChI=1S/C14H29NO2/c1-3-5-7-9-11-13-14(17-15-16)12-10-8-6-4-2/h14H,3-13H2,1-2H3. The molecule has 0 aliphatic heterocycles. The summed E-state index contributed by atoms with van der Waals surface area (Å²) in [6, 6.07) is 0. The Labute approximate surface area is 106 Å². The third-order valence-electron chi connectivity index (χ3n) is 3.20. The molecule has 3 heteroatoms. The van der Waals surface area contributed by atoms with E-state index in [4.69, 9.17) is 4.84 Å². The Morgan fingerprint density at radius 3 is 1.76 bits per heavy atom. The van der Waals surface area contributed by atoms with E-state index in [9.17, 15) is 4.91 Å². The maximum Gasteiger partial charge on any atom is 0.155 e. The predicted molar refractivity (Wildman–Crippen MR) is 72.8 cm³/mol. The van der Waals surface area contributed by atoms with Crippen molar-refractivity contribution in [2.45, 2.75) is 90.6 Å². The summed E-state index contributed by atoms with van der Waals surface area (Å²) in [5.74, 6) is 0. The maximum atomic E-state index is 10.2. The van der Waals surface area contributed by atoms with Crippen LogP contribution in [-0.2, 0) is 4.84 Å². The minimum Gasteiger partial charge on any atom is -0.361 e. The average Bonchev–Trinajstić information content (AvgIpc) is 2.34. The number of hydrogen-bond acceptors (Lipinski definition) is 3. The lowest BCUT2D eigenvalue weighted by atomic mass is 10.0. The lowest BCUT2D eigenvalue weighted by Gasteiger charge is -2.12. The zero-order valence-corrected chi connectivity index (χ0v) is 11.6. The lowest BCUT2D eigenvalue weighted by Crippen LogP contribution is -2.09. The Hall–Kier alpha value is -0.600. The molecule has 0 aromatic rings. The number of hydrogen-bond donors (Lipinski definition) is 0. The topological polar surface area (TPSA) is 38.7 Å². The van der Waals surface area contributed by atoms with Crippen LogP contribution in [-0.4, -0.2) is 6.10 Å². The molecule has 0 spiro atoms. The predicted octanol–water partition coefficient (Wildman–Crippen LogP) is 5.38. The zero-order valence-electron chi connectivity index (χ0n) is 11.6. The van der Waals surface area contributed by atoms with Crippen LogP contribution in [0.5, 0.6) is 0 Å². The van der Waals surface area contributed by atoms with Crippen LogP contribution in [0.1, 0.15) is 84.5 Å². The molecule has 0 N–H and O–H groups in total. The summed E-state index contributed by atoms with van der Waals surface area (Å²) < 4.78 is 0. The van der Waals surface area contributed by atoms with Crippen molar-refractivity contribution < 1.29 is 4.84 Å². The first kappa shape index (κ1) is 16.4. The Balaban J connectivity index is 3.48. The molecule has 0 aromatic carbocycles. The molecule has 0 aliphatic carbocycles. The Bertz CT molecular complexity index is 162. The van der Waals surface area contributed by atoms with Gasteiger partial charge in [-0.15, -0.1) is 4.91 Å². The van der Waals surface area contributed by atoms with Gasteiger partial charge in [0.15, 0.2) is 5.34 Å². The molecule has 0 fully saturated rings. The fraction of sp³-hybridized carbons (Fsp3) is 1.00. The molecular weight excluding hydrogens is 214 g/mol. The summed E-state index contributed by atoms with van der Waals surface area (Å²) >= 11 is 0. The summed E-state index contributed by atoms with van der Waals surface area (Å²) in [5.41, 5.74) is 0. The van der Waals surface area contributed by atoms with E-state index in [0.29, 0.717) is 0 Å². The third kappa shape index (κ3) is 11.7. The second-order valence-electron chi connectivity index (χ2n) is 4.85. The van der Waals surface area contributed by atoms with Crippen LogP contribution in [0.4, 0.5) is 0 Å². The highest BCUT2D eigenvalue weighted by Gasteiger charge is 2.09. The highest BCUT2D eigenvalue weighted by atomic mass is 16.7. The molecule has 0 saturated heterocycles. The molecule has 1 atom stereocenters. The lowest BCUT2D eigenvalue weighted by molar-refractivity contribution is 0.0396. The molecule has 0 heterocycles. The Morgan fingerprint density at radius 2 is 1.29 bits per heavy atom. The summed E-state index contributed by atoms with van der Waals surface area (Å²) in [4.78, 5) is 15.1. The minimum absolute atomic E-state index is 0.0611. The number of rotatable bonds is 13. The van der Waals surface area contributed by atoms with Crippen molar-refractivity contribution in [2.75, 3.05) is 0 Å². The van der Waals surface area contributed by atoms with Gasteiger partial charge in [0.05, 0.1) is 0 Å². The van der Waals surface area contributed by atoms with E-state index in [1.54, 1.807) is 0 Å². The zero-order chi connectivity index (χ0) is 12.8. The second-order valence-corrected chi connectivity index (χ2v) is 4.85. The van der Waals surface area contributed by atoms with Crippen LogP contribution in [0.15, 0.2) is 5.34 Å². The molecule has 102 valence electrons. The molecule has 3 nitrogen and oxygen atoms in total. The van der Waals surface area contributed by atoms with E-state index in [0.717, 1.165) is 25.7 Å². The Morgan fingerprint density at radius 1 is 0.824 bits per heavy atom. The first-order valence-corrected chi connectivity index (χ1v) is 7.33. The monoisotopic (exact) mass is 243 g/mol. The molecule has 0 rings (SSSR count). The summed E-state index contributed by atoms with van der Waals surface area (Å²) in [5, 5.41) is 2.60. The number of unbranched alkanes of at least 4 members (excludes halogenated alkanes) is 7. The van der Waals surface area contributed by atoms with Gasteiger partial charge in [-0.2, -0.15) is 0 Å². The van der Waals surface area contributed by atoms with Gasteiger partial charge in [-0.3, -0.25) is 0 Å². The van der Waals surface area contributed by atoms with Crippen molar-refractivity contribution >= 4 is 0 Å². The largest absolute Gasteiger partial charge is 0.361 e. The Kier molecular flexibility index (Phi) is 13.0. The maximum absolute atomic E-state index is 10.2. The van der Waals surface area contributed by atoms with Crippen LogP contribution in [0.2, 0.25) is 0 Å². The van der Waals surface area contributed by atoms with E-state index in [-0.39, 0.29) is 6.10 Å². The van der Waals surface area contributed by atoms with E-state index in [1.807, 2.05) is 0 Å². The van der Waals surface area contributed by atoms with E-state index >= 15 is 0 Å². The van der Waals surface area contributed by atoms with E-state index in [1.165, 1.54) is 44.9 Å². The first-order valence-electron chi connectivity index (χ1n) is 7.33. The van der Waals surface area contributed by atoms with Crippen LogP contribution in [0, 0.1) is 4.91 Å². The normalized spacial score (nSPS) is 12.4. The minimum atomic E-state index is 0.0611. The first-order chi connectivity index (χ1) is 8.35. The molecule has 1 unspecified atom stereocenters. The SMILES string of the molecule is CCCCCCCC(CCCCCC)ON=O. The van der Waals surface area contributed by atoms with Crippen LogP contribution < -0.4 is 0 Å². The van der Waals surface area contributed by atoms with Gasteiger partial charge in [-0.05, 0) is 25.7 Å². The molecule has 0 aliphatic rings. The van der Waals surface area contributed by atoms with E-state index < -0.39 is 0 Å². The summed E-state index contributed by atoms with van der Waals surface area (Å²) in [6.07, 6.45) is 13.2. The van der Waals surface area contributed by atoms with Gasteiger partial charge in [0.25, 0.3) is 0 Å². The molecule has 0 bridgehead atoms. The van der Waals surface area contributed by atoms with Gasteiger partial charge in [-0.25, -0.2) is 0 Å². The van der Waals surface area contributed by atoms with Gasteiger partial charge in [0, 0.05) is 0 Å². The van der Waals surface area contributed by atoms with Crippen LogP contribution in [0.3, 0.4) is 0 Å². The number of nitrogens with zero attached hydrogens (tertiary/aromatic N) is 1. The van der Waals surface area contributed by atoms with Crippen LogP contribution in [0.25, 0.3) is 0 Å². The highest BCUT2D eigenvalue weighted by molar-refractivity contribution is 4.59. The molecule has 0 radical (unpaired) electrons. The van der Waals surface area contributed by atoms with E-state index in [2.05, 4.69) is 19.2 Å². The van der Waals surface area contributed by atoms with Crippen molar-refractivity contribution in [3.63, 3.8) is 0 Å².